The number of aromatic nitrogens is 1. The third-order valence-electron chi connectivity index (χ3n) is 3.24. The number of ether oxygens (including phenoxy) is 1. The van der Waals surface area contributed by atoms with Crippen molar-refractivity contribution < 1.29 is 9.84 Å². The number of hydrogen-bond donors (Lipinski definition) is 1. The molecule has 2 aromatic rings. The van der Waals surface area contributed by atoms with Crippen molar-refractivity contribution in [2.45, 2.75) is 31.5 Å². The van der Waals surface area contributed by atoms with Gasteiger partial charge >= 0.3 is 0 Å². The van der Waals surface area contributed by atoms with Crippen LogP contribution < -0.4 is 4.74 Å². The molecule has 0 spiro atoms. The van der Waals surface area contributed by atoms with E-state index in [1.165, 1.54) is 0 Å². The molecule has 0 saturated heterocycles. The Labute approximate surface area is 100 Å². The summed E-state index contributed by atoms with van der Waals surface area (Å²) in [4.78, 5) is 4.30. The molecule has 1 aliphatic rings. The van der Waals surface area contributed by atoms with Crippen LogP contribution in [0.15, 0.2) is 36.5 Å². The van der Waals surface area contributed by atoms with Gasteiger partial charge in [-0.15, -0.1) is 0 Å². The summed E-state index contributed by atoms with van der Waals surface area (Å²) in [5.41, 5.74) is 0.948. The van der Waals surface area contributed by atoms with Crippen LogP contribution in [0.25, 0.3) is 10.9 Å². The van der Waals surface area contributed by atoms with Crippen molar-refractivity contribution in [3.63, 3.8) is 0 Å². The van der Waals surface area contributed by atoms with Crippen LogP contribution in [0.1, 0.15) is 19.3 Å². The standard InChI is InChI=1S/C14H15NO2/c16-11-4-6-12(8-11)17-13-5-3-10-2-1-7-15-14(10)9-13/h1-3,5,7,9,11-12,16H,4,6,8H2. The van der Waals surface area contributed by atoms with Gasteiger partial charge in [-0.05, 0) is 31.0 Å². The van der Waals surface area contributed by atoms with Crippen molar-refractivity contribution in [3.05, 3.63) is 36.5 Å². The summed E-state index contributed by atoms with van der Waals surface area (Å²) >= 11 is 0. The Morgan fingerprint density at radius 2 is 2.18 bits per heavy atom. The third kappa shape index (κ3) is 2.24. The van der Waals surface area contributed by atoms with Crippen molar-refractivity contribution in [2.75, 3.05) is 0 Å². The first-order valence-corrected chi connectivity index (χ1v) is 6.01. The largest absolute Gasteiger partial charge is 0.490 e. The fourth-order valence-electron chi connectivity index (χ4n) is 2.34. The van der Waals surface area contributed by atoms with Crippen LogP contribution in [0.3, 0.4) is 0 Å². The molecule has 2 atom stereocenters. The summed E-state index contributed by atoms with van der Waals surface area (Å²) in [6.45, 7) is 0. The topological polar surface area (TPSA) is 42.4 Å². The number of benzene rings is 1. The molecule has 1 saturated carbocycles. The highest BCUT2D eigenvalue weighted by Crippen LogP contribution is 2.26. The van der Waals surface area contributed by atoms with Crippen molar-refractivity contribution in [3.8, 4) is 5.75 Å². The van der Waals surface area contributed by atoms with E-state index in [4.69, 9.17) is 4.74 Å². The molecule has 1 fully saturated rings. The van der Waals surface area contributed by atoms with Gasteiger partial charge in [0.15, 0.2) is 0 Å². The second kappa shape index (κ2) is 4.34. The molecule has 3 heteroatoms. The summed E-state index contributed by atoms with van der Waals surface area (Å²) in [5.74, 6) is 0.843. The molecule has 1 N–H and O–H groups in total. The maximum absolute atomic E-state index is 9.46. The zero-order valence-electron chi connectivity index (χ0n) is 9.54. The summed E-state index contributed by atoms with van der Waals surface area (Å²) in [6.07, 6.45) is 4.24. The molecule has 3 nitrogen and oxygen atoms in total. The lowest BCUT2D eigenvalue weighted by Crippen LogP contribution is -2.13. The quantitative estimate of drug-likeness (QED) is 0.860. The summed E-state index contributed by atoms with van der Waals surface area (Å²) in [6, 6.07) is 9.90. The maximum atomic E-state index is 9.46. The second-order valence-corrected chi connectivity index (χ2v) is 4.56. The molecule has 0 radical (unpaired) electrons. The first kappa shape index (κ1) is 10.5. The van der Waals surface area contributed by atoms with Crippen LogP contribution >= 0.6 is 0 Å². The van der Waals surface area contributed by atoms with Gasteiger partial charge in [0.2, 0.25) is 0 Å². The Morgan fingerprint density at radius 1 is 1.24 bits per heavy atom. The Kier molecular flexibility index (Phi) is 2.69. The lowest BCUT2D eigenvalue weighted by molar-refractivity contribution is 0.150. The molecule has 1 heterocycles. The molecule has 2 unspecified atom stereocenters. The summed E-state index contributed by atoms with van der Waals surface area (Å²) in [5, 5.41) is 10.6. The molecule has 17 heavy (non-hydrogen) atoms. The van der Waals surface area contributed by atoms with Gasteiger partial charge in [-0.3, -0.25) is 4.98 Å². The van der Waals surface area contributed by atoms with E-state index >= 15 is 0 Å². The number of pyridine rings is 1. The van der Waals surface area contributed by atoms with Gasteiger partial charge in [0.1, 0.15) is 11.9 Å². The highest BCUT2D eigenvalue weighted by molar-refractivity contribution is 5.79. The van der Waals surface area contributed by atoms with Crippen molar-refractivity contribution in [1.82, 2.24) is 4.98 Å². The Balaban J connectivity index is 1.81. The first-order chi connectivity index (χ1) is 8.31. The van der Waals surface area contributed by atoms with Crippen molar-refractivity contribution in [1.29, 1.82) is 0 Å². The lowest BCUT2D eigenvalue weighted by Gasteiger charge is -2.13. The third-order valence-corrected chi connectivity index (χ3v) is 3.24. The van der Waals surface area contributed by atoms with E-state index in [1.54, 1.807) is 6.20 Å². The van der Waals surface area contributed by atoms with Gasteiger partial charge in [-0.2, -0.15) is 0 Å². The van der Waals surface area contributed by atoms with E-state index in [1.807, 2.05) is 30.3 Å². The minimum absolute atomic E-state index is 0.145. The Bertz CT molecular complexity index is 526. The zero-order valence-corrected chi connectivity index (χ0v) is 9.54. The minimum atomic E-state index is -0.196. The maximum Gasteiger partial charge on any atom is 0.121 e. The van der Waals surface area contributed by atoms with Crippen molar-refractivity contribution >= 4 is 10.9 Å². The van der Waals surface area contributed by atoms with E-state index in [9.17, 15) is 5.11 Å². The average molecular weight is 229 g/mol. The Hall–Kier alpha value is -1.61. The van der Waals surface area contributed by atoms with E-state index in [0.29, 0.717) is 0 Å². The van der Waals surface area contributed by atoms with Crippen LogP contribution in [0.5, 0.6) is 5.75 Å². The SMILES string of the molecule is OC1CCC(Oc2ccc3cccnc3c2)C1. The normalized spacial score (nSPS) is 24.1. The number of aliphatic hydroxyl groups is 1. The fraction of sp³-hybridized carbons (Fsp3) is 0.357. The zero-order chi connectivity index (χ0) is 11.7. The minimum Gasteiger partial charge on any atom is -0.490 e. The van der Waals surface area contributed by atoms with Gasteiger partial charge in [-0.1, -0.05) is 6.07 Å². The molecular weight excluding hydrogens is 214 g/mol. The second-order valence-electron chi connectivity index (χ2n) is 4.56. The van der Waals surface area contributed by atoms with Gasteiger partial charge < -0.3 is 9.84 Å². The molecule has 1 aliphatic carbocycles. The van der Waals surface area contributed by atoms with E-state index in [-0.39, 0.29) is 12.2 Å². The van der Waals surface area contributed by atoms with E-state index < -0.39 is 0 Å². The van der Waals surface area contributed by atoms with E-state index in [2.05, 4.69) is 4.98 Å². The molecular formula is C14H15NO2. The van der Waals surface area contributed by atoms with Crippen LogP contribution in [0.4, 0.5) is 0 Å². The van der Waals surface area contributed by atoms with Gasteiger partial charge in [0, 0.05) is 24.1 Å². The van der Waals surface area contributed by atoms with Crippen molar-refractivity contribution in [2.24, 2.45) is 0 Å². The number of aliphatic hydroxyl groups excluding tert-OH is 1. The van der Waals surface area contributed by atoms with Crippen LogP contribution in [-0.2, 0) is 0 Å². The molecule has 88 valence electrons. The number of hydrogen-bond acceptors (Lipinski definition) is 3. The van der Waals surface area contributed by atoms with Crippen LogP contribution in [0, 0.1) is 0 Å². The average Bonchev–Trinajstić information content (AvgIpc) is 2.75. The van der Waals surface area contributed by atoms with Gasteiger partial charge in [0.25, 0.3) is 0 Å². The predicted octanol–water partition coefficient (Wildman–Crippen LogP) is 2.53. The molecule has 0 bridgehead atoms. The smallest absolute Gasteiger partial charge is 0.121 e. The lowest BCUT2D eigenvalue weighted by atomic mass is 10.2. The van der Waals surface area contributed by atoms with Crippen LogP contribution in [-0.4, -0.2) is 22.3 Å². The summed E-state index contributed by atoms with van der Waals surface area (Å²) in [7, 11) is 0. The van der Waals surface area contributed by atoms with Gasteiger partial charge in [-0.25, -0.2) is 0 Å². The number of rotatable bonds is 2. The highest BCUT2D eigenvalue weighted by atomic mass is 16.5. The predicted molar refractivity (Wildman–Crippen MR) is 66.0 cm³/mol. The van der Waals surface area contributed by atoms with Crippen LogP contribution in [0.2, 0.25) is 0 Å². The van der Waals surface area contributed by atoms with E-state index in [0.717, 1.165) is 35.9 Å². The monoisotopic (exact) mass is 229 g/mol. The molecule has 3 rings (SSSR count). The number of fused-ring (bicyclic) bond motifs is 1. The first-order valence-electron chi connectivity index (χ1n) is 6.01. The molecule has 1 aromatic carbocycles. The Morgan fingerprint density at radius 3 is 3.00 bits per heavy atom. The summed E-state index contributed by atoms with van der Waals surface area (Å²) < 4.78 is 5.85. The molecule has 0 amide bonds. The fourth-order valence-corrected chi connectivity index (χ4v) is 2.34. The number of nitrogens with zero attached hydrogens (tertiary/aromatic N) is 1. The molecule has 1 aromatic heterocycles. The van der Waals surface area contributed by atoms with Gasteiger partial charge in [0.05, 0.1) is 11.6 Å². The highest BCUT2D eigenvalue weighted by Gasteiger charge is 2.24. The molecule has 0 aliphatic heterocycles.